The van der Waals surface area contributed by atoms with Crippen LogP contribution in [0.3, 0.4) is 0 Å². The fraction of sp³-hybridized carbons (Fsp3) is 0.650. The van der Waals surface area contributed by atoms with E-state index >= 15 is 0 Å². The van der Waals surface area contributed by atoms with Crippen LogP contribution < -0.4 is 0 Å². The molecule has 0 fully saturated rings. The minimum atomic E-state index is 0.311. The van der Waals surface area contributed by atoms with Gasteiger partial charge in [0.15, 0.2) is 5.78 Å². The number of carbonyl (C=O) groups is 1. The Morgan fingerprint density at radius 3 is 1.95 bits per heavy atom. The maximum absolute atomic E-state index is 12.1. The van der Waals surface area contributed by atoms with Crippen molar-refractivity contribution in [2.24, 2.45) is 0 Å². The normalized spacial score (nSPS) is 10.8. The van der Waals surface area contributed by atoms with Gasteiger partial charge in [-0.2, -0.15) is 0 Å². The second-order valence-electron chi connectivity index (χ2n) is 6.09. The molecule has 0 spiro atoms. The van der Waals surface area contributed by atoms with Crippen LogP contribution in [0.5, 0.6) is 0 Å². The van der Waals surface area contributed by atoms with Crippen molar-refractivity contribution in [3.8, 4) is 0 Å². The van der Waals surface area contributed by atoms with E-state index in [0.29, 0.717) is 12.2 Å². The number of hydrogen-bond donors (Lipinski definition) is 0. The van der Waals surface area contributed by atoms with Crippen LogP contribution in [0.2, 0.25) is 0 Å². The van der Waals surface area contributed by atoms with Gasteiger partial charge in [-0.05, 0) is 24.8 Å². The second-order valence-corrected chi connectivity index (χ2v) is 6.09. The summed E-state index contributed by atoms with van der Waals surface area (Å²) in [7, 11) is 0. The van der Waals surface area contributed by atoms with Gasteiger partial charge >= 0.3 is 0 Å². The van der Waals surface area contributed by atoms with Gasteiger partial charge in [0, 0.05) is 12.0 Å². The predicted octanol–water partition coefficient (Wildman–Crippen LogP) is 6.35. The highest BCUT2D eigenvalue weighted by Gasteiger charge is 2.05. The van der Waals surface area contributed by atoms with E-state index in [1.54, 1.807) is 0 Å². The lowest BCUT2D eigenvalue weighted by atomic mass is 10.0. The smallest absolute Gasteiger partial charge is 0.162 e. The standard InChI is InChI=1S/C20H32O/c1-3-5-7-8-9-10-11-13-20(21)19-16-14-18(15-17-19)12-6-4-2/h14-17H,3-13H2,1-2H3. The molecule has 0 N–H and O–H groups in total. The summed E-state index contributed by atoms with van der Waals surface area (Å²) in [5.74, 6) is 0.311. The lowest BCUT2D eigenvalue weighted by molar-refractivity contribution is 0.0979. The minimum Gasteiger partial charge on any atom is -0.294 e. The van der Waals surface area contributed by atoms with Gasteiger partial charge in [0.25, 0.3) is 0 Å². The zero-order chi connectivity index (χ0) is 15.3. The van der Waals surface area contributed by atoms with Crippen LogP contribution >= 0.6 is 0 Å². The number of hydrogen-bond acceptors (Lipinski definition) is 1. The molecule has 0 aromatic heterocycles. The van der Waals surface area contributed by atoms with Crippen LogP contribution in [-0.2, 0) is 6.42 Å². The molecule has 0 amide bonds. The third-order valence-electron chi connectivity index (χ3n) is 4.10. The third-order valence-corrected chi connectivity index (χ3v) is 4.10. The summed E-state index contributed by atoms with van der Waals surface area (Å²) in [5.41, 5.74) is 2.24. The first kappa shape index (κ1) is 17.9. The molecule has 0 heterocycles. The Morgan fingerprint density at radius 2 is 1.33 bits per heavy atom. The molecule has 0 bridgehead atoms. The molecular formula is C20H32O. The first-order valence-corrected chi connectivity index (χ1v) is 8.90. The van der Waals surface area contributed by atoms with E-state index in [9.17, 15) is 4.79 Å². The zero-order valence-corrected chi connectivity index (χ0v) is 14.0. The van der Waals surface area contributed by atoms with Crippen LogP contribution in [0.15, 0.2) is 24.3 Å². The molecule has 0 saturated carbocycles. The van der Waals surface area contributed by atoms with E-state index in [1.807, 2.05) is 12.1 Å². The van der Waals surface area contributed by atoms with Crippen molar-refractivity contribution >= 4 is 5.78 Å². The number of carbonyl (C=O) groups excluding carboxylic acids is 1. The first-order valence-electron chi connectivity index (χ1n) is 8.90. The van der Waals surface area contributed by atoms with Crippen molar-refractivity contribution in [2.45, 2.75) is 84.5 Å². The van der Waals surface area contributed by atoms with Crippen molar-refractivity contribution in [3.05, 3.63) is 35.4 Å². The van der Waals surface area contributed by atoms with Crippen LogP contribution in [0.25, 0.3) is 0 Å². The molecule has 1 aromatic carbocycles. The van der Waals surface area contributed by atoms with Gasteiger partial charge in [-0.1, -0.05) is 83.1 Å². The topological polar surface area (TPSA) is 17.1 Å². The number of Topliss-reactive ketones (excluding diaryl/α,β-unsaturated/α-hetero) is 1. The molecule has 0 atom stereocenters. The van der Waals surface area contributed by atoms with Gasteiger partial charge in [0.05, 0.1) is 0 Å². The van der Waals surface area contributed by atoms with Crippen LogP contribution in [0, 0.1) is 0 Å². The molecule has 0 radical (unpaired) electrons. The molecule has 0 aliphatic carbocycles. The highest BCUT2D eigenvalue weighted by Crippen LogP contribution is 2.13. The van der Waals surface area contributed by atoms with Gasteiger partial charge in [-0.25, -0.2) is 0 Å². The van der Waals surface area contributed by atoms with Crippen LogP contribution in [0.4, 0.5) is 0 Å². The van der Waals surface area contributed by atoms with Crippen molar-refractivity contribution in [1.29, 1.82) is 0 Å². The number of benzene rings is 1. The van der Waals surface area contributed by atoms with Crippen LogP contribution in [-0.4, -0.2) is 5.78 Å². The minimum absolute atomic E-state index is 0.311. The SMILES string of the molecule is CCCCCCCCCC(=O)c1ccc(CCCC)cc1. The number of unbranched alkanes of at least 4 members (excludes halogenated alkanes) is 7. The molecule has 21 heavy (non-hydrogen) atoms. The second kappa shape index (κ2) is 11.5. The Bertz CT molecular complexity index is 377. The number of rotatable bonds is 12. The van der Waals surface area contributed by atoms with E-state index in [1.165, 1.54) is 56.9 Å². The Morgan fingerprint density at radius 1 is 0.762 bits per heavy atom. The fourth-order valence-corrected chi connectivity index (χ4v) is 2.63. The number of ketones is 1. The van der Waals surface area contributed by atoms with Crippen molar-refractivity contribution in [1.82, 2.24) is 0 Å². The quantitative estimate of drug-likeness (QED) is 0.323. The van der Waals surface area contributed by atoms with Gasteiger partial charge < -0.3 is 0 Å². The van der Waals surface area contributed by atoms with Gasteiger partial charge in [-0.15, -0.1) is 0 Å². The summed E-state index contributed by atoms with van der Waals surface area (Å²) in [6, 6.07) is 8.25. The predicted molar refractivity (Wildman–Crippen MR) is 92.0 cm³/mol. The average molecular weight is 288 g/mol. The van der Waals surface area contributed by atoms with Crippen LogP contribution in [0.1, 0.15) is 94.0 Å². The van der Waals surface area contributed by atoms with Gasteiger partial charge in [-0.3, -0.25) is 4.79 Å². The van der Waals surface area contributed by atoms with E-state index in [4.69, 9.17) is 0 Å². The summed E-state index contributed by atoms with van der Waals surface area (Å²) in [6.45, 7) is 4.45. The largest absolute Gasteiger partial charge is 0.294 e. The summed E-state index contributed by atoms with van der Waals surface area (Å²) in [5, 5.41) is 0. The summed E-state index contributed by atoms with van der Waals surface area (Å²) in [4.78, 5) is 12.1. The molecule has 1 nitrogen and oxygen atoms in total. The van der Waals surface area contributed by atoms with Crippen molar-refractivity contribution in [2.75, 3.05) is 0 Å². The average Bonchev–Trinajstić information content (AvgIpc) is 2.52. The highest BCUT2D eigenvalue weighted by atomic mass is 16.1. The summed E-state index contributed by atoms with van der Waals surface area (Å²) < 4.78 is 0. The van der Waals surface area contributed by atoms with Crippen molar-refractivity contribution < 1.29 is 4.79 Å². The summed E-state index contributed by atoms with van der Waals surface area (Å²) >= 11 is 0. The Labute approximate surface area is 131 Å². The molecule has 0 aliphatic heterocycles. The van der Waals surface area contributed by atoms with Crippen molar-refractivity contribution in [3.63, 3.8) is 0 Å². The lowest BCUT2D eigenvalue weighted by Crippen LogP contribution is -1.99. The number of aryl methyl sites for hydroxylation is 1. The van der Waals surface area contributed by atoms with E-state index in [0.717, 1.165) is 18.4 Å². The first-order chi connectivity index (χ1) is 10.3. The monoisotopic (exact) mass is 288 g/mol. The molecule has 0 aliphatic rings. The maximum Gasteiger partial charge on any atom is 0.162 e. The van der Waals surface area contributed by atoms with Gasteiger partial charge in [0.2, 0.25) is 0 Å². The Balaban J connectivity index is 2.19. The van der Waals surface area contributed by atoms with E-state index < -0.39 is 0 Å². The highest BCUT2D eigenvalue weighted by molar-refractivity contribution is 5.96. The summed E-state index contributed by atoms with van der Waals surface area (Å²) in [6.07, 6.45) is 13.1. The van der Waals surface area contributed by atoms with E-state index in [2.05, 4.69) is 26.0 Å². The zero-order valence-electron chi connectivity index (χ0n) is 14.0. The lowest BCUT2D eigenvalue weighted by Gasteiger charge is -2.04. The Hall–Kier alpha value is -1.11. The molecule has 118 valence electrons. The Kier molecular flexibility index (Phi) is 9.86. The fourth-order valence-electron chi connectivity index (χ4n) is 2.63. The molecule has 0 saturated heterocycles. The molecular weight excluding hydrogens is 256 g/mol. The molecule has 1 heteroatoms. The molecule has 1 rings (SSSR count). The third kappa shape index (κ3) is 8.04. The van der Waals surface area contributed by atoms with E-state index in [-0.39, 0.29) is 0 Å². The molecule has 1 aromatic rings. The van der Waals surface area contributed by atoms with Gasteiger partial charge in [0.1, 0.15) is 0 Å². The maximum atomic E-state index is 12.1. The molecule has 0 unspecified atom stereocenters.